The number of carbonyl (C=O) groups is 2. The van der Waals surface area contributed by atoms with Crippen LogP contribution in [0.1, 0.15) is 39.5 Å². The number of carbonyl (C=O) groups excluding carboxylic acids is 1. The minimum atomic E-state index is -0.983. The van der Waals surface area contributed by atoms with Crippen LogP contribution in [-0.2, 0) is 4.79 Å². The van der Waals surface area contributed by atoms with Crippen molar-refractivity contribution in [3.8, 4) is 11.5 Å². The third kappa shape index (κ3) is 5.75. The minimum absolute atomic E-state index is 0.269. The summed E-state index contributed by atoms with van der Waals surface area (Å²) >= 11 is 2.47. The van der Waals surface area contributed by atoms with Crippen LogP contribution in [-0.4, -0.2) is 38.4 Å². The van der Waals surface area contributed by atoms with Crippen molar-refractivity contribution in [2.75, 3.05) is 16.8 Å². The van der Waals surface area contributed by atoms with Crippen molar-refractivity contribution < 1.29 is 19.1 Å². The van der Waals surface area contributed by atoms with E-state index in [9.17, 15) is 14.7 Å². The van der Waals surface area contributed by atoms with Crippen molar-refractivity contribution in [2.24, 2.45) is 5.92 Å². The number of carboxylic acid groups (broad SMARTS) is 1. The fourth-order valence-electron chi connectivity index (χ4n) is 3.75. The second-order valence-corrected chi connectivity index (χ2v) is 11.4. The van der Waals surface area contributed by atoms with E-state index in [1.807, 2.05) is 24.3 Å². The molecular weight excluding hydrogens is 460 g/mol. The van der Waals surface area contributed by atoms with E-state index in [2.05, 4.69) is 15.3 Å². The Balaban J connectivity index is 1.53. The van der Waals surface area contributed by atoms with Crippen LogP contribution in [0.15, 0.2) is 51.5 Å². The monoisotopic (exact) mass is 486 g/mol. The highest BCUT2D eigenvalue weighted by Gasteiger charge is 2.30. The molecule has 2 aromatic heterocycles. The van der Waals surface area contributed by atoms with E-state index in [1.54, 1.807) is 31.1 Å². The van der Waals surface area contributed by atoms with Gasteiger partial charge in [-0.05, 0) is 50.8 Å². The molecule has 0 saturated heterocycles. The number of urea groups is 1. The van der Waals surface area contributed by atoms with Crippen LogP contribution >= 0.6 is 23.1 Å². The number of hydrogen-bond acceptors (Lipinski definition) is 7. The van der Waals surface area contributed by atoms with Crippen LogP contribution in [0.25, 0.3) is 11.5 Å². The molecule has 174 valence electrons. The Kier molecular flexibility index (Phi) is 7.04. The Morgan fingerprint density at radius 2 is 2.09 bits per heavy atom. The van der Waals surface area contributed by atoms with Crippen LogP contribution in [0.3, 0.4) is 0 Å². The van der Waals surface area contributed by atoms with Crippen LogP contribution in [0.2, 0.25) is 0 Å². The largest absolute Gasteiger partial charge is 0.480 e. The quantitative estimate of drug-likeness (QED) is 0.377. The molecule has 0 bridgehead atoms. The van der Waals surface area contributed by atoms with Gasteiger partial charge < -0.3 is 9.52 Å². The summed E-state index contributed by atoms with van der Waals surface area (Å²) in [6.07, 6.45) is 9.28. The number of nitrogens with zero attached hydrogens (tertiary/aromatic N) is 3. The van der Waals surface area contributed by atoms with Crippen molar-refractivity contribution >= 4 is 45.9 Å². The van der Waals surface area contributed by atoms with Gasteiger partial charge in [-0.25, -0.2) is 14.8 Å². The van der Waals surface area contributed by atoms with E-state index in [1.165, 1.54) is 42.2 Å². The summed E-state index contributed by atoms with van der Waals surface area (Å²) in [4.78, 5) is 35.0. The summed E-state index contributed by atoms with van der Waals surface area (Å²) in [5, 5.41) is 12.7. The van der Waals surface area contributed by atoms with Gasteiger partial charge in [0.1, 0.15) is 11.0 Å². The lowest BCUT2D eigenvalue weighted by Crippen LogP contribution is -2.38. The standard InChI is InChI=1S/C23H26N4O4S2/c1-23(2,20(28)29)33-18-13-25-21(32-18)26-22(30)27(14-15-6-3-4-7-15)17-9-5-8-16(12-17)19-24-10-11-31-19/h5,8-13,15H,3-4,6-7,14H2,1-2H3,(H,28,29)(H,25,26,30). The zero-order valence-electron chi connectivity index (χ0n) is 18.5. The Morgan fingerprint density at radius 3 is 2.79 bits per heavy atom. The lowest BCUT2D eigenvalue weighted by atomic mass is 10.1. The first-order valence-corrected chi connectivity index (χ1v) is 12.4. The molecule has 1 fully saturated rings. The predicted molar refractivity (Wildman–Crippen MR) is 130 cm³/mol. The summed E-state index contributed by atoms with van der Waals surface area (Å²) in [5.74, 6) is 0.0424. The molecule has 8 nitrogen and oxygen atoms in total. The molecule has 10 heteroatoms. The number of aromatic nitrogens is 2. The second-order valence-electron chi connectivity index (χ2n) is 8.48. The summed E-state index contributed by atoms with van der Waals surface area (Å²) in [6.45, 7) is 3.89. The number of nitrogens with one attached hydrogen (secondary N) is 1. The molecule has 4 rings (SSSR count). The molecule has 0 unspecified atom stereocenters. The molecule has 2 heterocycles. The maximum atomic E-state index is 13.3. The molecule has 0 aliphatic heterocycles. The summed E-state index contributed by atoms with van der Waals surface area (Å²) in [6, 6.07) is 7.32. The van der Waals surface area contributed by atoms with Gasteiger partial charge in [0, 0.05) is 17.8 Å². The lowest BCUT2D eigenvalue weighted by Gasteiger charge is -2.26. The third-order valence-corrected chi connectivity index (χ3v) is 7.77. The molecule has 1 aliphatic carbocycles. The first kappa shape index (κ1) is 23.3. The summed E-state index contributed by atoms with van der Waals surface area (Å²) in [7, 11) is 0. The Morgan fingerprint density at radius 1 is 1.30 bits per heavy atom. The number of amides is 2. The fourth-order valence-corrected chi connectivity index (χ4v) is 6.01. The first-order valence-electron chi connectivity index (χ1n) is 10.8. The molecule has 2 N–H and O–H groups in total. The number of oxazole rings is 1. The zero-order valence-corrected chi connectivity index (χ0v) is 20.1. The van der Waals surface area contributed by atoms with E-state index >= 15 is 0 Å². The number of anilines is 2. The highest BCUT2D eigenvalue weighted by Crippen LogP contribution is 2.38. The summed E-state index contributed by atoms with van der Waals surface area (Å²) in [5.41, 5.74) is 1.55. The van der Waals surface area contributed by atoms with Crippen LogP contribution in [0.5, 0.6) is 0 Å². The fraction of sp³-hybridized carbons (Fsp3) is 0.391. The van der Waals surface area contributed by atoms with Gasteiger partial charge in [0.05, 0.1) is 16.6 Å². The van der Waals surface area contributed by atoms with Gasteiger partial charge in [0.2, 0.25) is 5.89 Å². The smallest absolute Gasteiger partial charge is 0.328 e. The van der Waals surface area contributed by atoms with Gasteiger partial charge in [0.15, 0.2) is 5.13 Å². The lowest BCUT2D eigenvalue weighted by molar-refractivity contribution is -0.138. The molecule has 1 saturated carbocycles. The van der Waals surface area contributed by atoms with Crippen molar-refractivity contribution in [2.45, 2.75) is 48.5 Å². The maximum Gasteiger partial charge on any atom is 0.328 e. The molecule has 1 aliphatic rings. The van der Waals surface area contributed by atoms with Gasteiger partial charge in [-0.2, -0.15) is 0 Å². The number of carboxylic acids is 1. The van der Waals surface area contributed by atoms with Crippen molar-refractivity contribution in [1.82, 2.24) is 9.97 Å². The number of benzene rings is 1. The molecule has 1 aromatic carbocycles. The average molecular weight is 487 g/mol. The number of thiazole rings is 1. The molecule has 3 aromatic rings. The minimum Gasteiger partial charge on any atom is -0.480 e. The van der Waals surface area contributed by atoms with Gasteiger partial charge in [-0.1, -0.05) is 42.0 Å². The first-order chi connectivity index (χ1) is 15.8. The van der Waals surface area contributed by atoms with Crippen molar-refractivity contribution in [3.63, 3.8) is 0 Å². The number of rotatable bonds is 8. The van der Waals surface area contributed by atoms with E-state index < -0.39 is 10.7 Å². The Hall–Kier alpha value is -2.85. The van der Waals surface area contributed by atoms with Gasteiger partial charge in [0.25, 0.3) is 0 Å². The summed E-state index contributed by atoms with van der Waals surface area (Å²) < 4.78 is 5.16. The van der Waals surface area contributed by atoms with Gasteiger partial charge >= 0.3 is 12.0 Å². The van der Waals surface area contributed by atoms with Gasteiger partial charge in [-0.3, -0.25) is 15.0 Å². The van der Waals surface area contributed by atoms with Crippen LogP contribution in [0.4, 0.5) is 15.6 Å². The number of hydrogen-bond donors (Lipinski definition) is 2. The van der Waals surface area contributed by atoms with E-state index in [0.29, 0.717) is 23.5 Å². The van der Waals surface area contributed by atoms with E-state index in [0.717, 1.165) is 28.3 Å². The molecule has 0 spiro atoms. The van der Waals surface area contributed by atoms with Crippen LogP contribution < -0.4 is 10.2 Å². The average Bonchev–Trinajstić information content (AvgIpc) is 3.55. The third-order valence-electron chi connectivity index (χ3n) is 5.57. The normalized spacial score (nSPS) is 14.4. The SMILES string of the molecule is CC(C)(Sc1cnc(NC(=O)N(CC2CCCC2)c2cccc(-c3ncco3)c2)s1)C(=O)O. The van der Waals surface area contributed by atoms with Crippen molar-refractivity contribution in [1.29, 1.82) is 0 Å². The Bertz CT molecular complexity index is 1110. The van der Waals surface area contributed by atoms with E-state index in [4.69, 9.17) is 4.42 Å². The van der Waals surface area contributed by atoms with Crippen LogP contribution in [0, 0.1) is 5.92 Å². The van der Waals surface area contributed by atoms with Gasteiger partial charge in [-0.15, -0.1) is 0 Å². The Labute approximate surface area is 200 Å². The molecule has 0 atom stereocenters. The predicted octanol–water partition coefficient (Wildman–Crippen LogP) is 5.98. The number of aliphatic carboxylic acids is 1. The zero-order chi connectivity index (χ0) is 23.4. The number of thioether (sulfide) groups is 1. The highest BCUT2D eigenvalue weighted by atomic mass is 32.2. The molecule has 0 radical (unpaired) electrons. The molecule has 33 heavy (non-hydrogen) atoms. The highest BCUT2D eigenvalue weighted by molar-refractivity contribution is 8.03. The second kappa shape index (κ2) is 9.96. The van der Waals surface area contributed by atoms with Crippen molar-refractivity contribution in [3.05, 3.63) is 42.9 Å². The molecule has 2 amide bonds. The van der Waals surface area contributed by atoms with E-state index in [-0.39, 0.29) is 6.03 Å². The molecular formula is C23H26N4O4S2. The topological polar surface area (TPSA) is 109 Å². The maximum absolute atomic E-state index is 13.3.